The third-order valence-electron chi connectivity index (χ3n) is 7.31. The Morgan fingerprint density at radius 3 is 2.21 bits per heavy atom. The zero-order valence-electron chi connectivity index (χ0n) is 21.3. The summed E-state index contributed by atoms with van der Waals surface area (Å²) in [6.07, 6.45) is 2.19. The number of carbonyl (C=O) groups excluding carboxylic acids is 1. The second-order valence-corrected chi connectivity index (χ2v) is 10.2. The highest BCUT2D eigenvalue weighted by molar-refractivity contribution is 6.31. The van der Waals surface area contributed by atoms with Crippen molar-refractivity contribution in [2.24, 2.45) is 0 Å². The van der Waals surface area contributed by atoms with Gasteiger partial charge in [0.15, 0.2) is 0 Å². The summed E-state index contributed by atoms with van der Waals surface area (Å²) in [5, 5.41) is 0.754. The summed E-state index contributed by atoms with van der Waals surface area (Å²) >= 11 is 6.35. The Morgan fingerprint density at radius 2 is 1.50 bits per heavy atom. The Morgan fingerprint density at radius 1 is 0.816 bits per heavy atom. The SMILES string of the molecule is Cc1cc(-c2nc3ccc(-c4ccccc4)cn3c2CN2CCN(C(=O)c3ccccc3)CC2)ccc1Cl. The van der Waals surface area contributed by atoms with Crippen LogP contribution in [0.4, 0.5) is 0 Å². The molecule has 5 aromatic rings. The standard InChI is InChI=1S/C32H29ClN4O/c1-23-20-26(12-14-28(23)33)31-29(37-21-27(13-15-30(37)34-31)24-8-4-2-5-9-24)22-35-16-18-36(19-17-35)32(38)25-10-6-3-7-11-25/h2-15,20-21H,16-19,22H2,1H3. The van der Waals surface area contributed by atoms with Gasteiger partial charge in [0.25, 0.3) is 5.91 Å². The van der Waals surface area contributed by atoms with Gasteiger partial charge in [0, 0.05) is 55.1 Å². The van der Waals surface area contributed by atoms with Gasteiger partial charge in [0.2, 0.25) is 0 Å². The van der Waals surface area contributed by atoms with E-state index in [4.69, 9.17) is 16.6 Å². The summed E-state index contributed by atoms with van der Waals surface area (Å²) in [6, 6.07) is 30.3. The number of piperazine rings is 1. The Bertz CT molecular complexity index is 1590. The first-order valence-electron chi connectivity index (χ1n) is 13.0. The quantitative estimate of drug-likeness (QED) is 0.262. The van der Waals surface area contributed by atoms with E-state index in [1.54, 1.807) is 0 Å². The van der Waals surface area contributed by atoms with E-state index < -0.39 is 0 Å². The fourth-order valence-corrected chi connectivity index (χ4v) is 5.27. The molecule has 1 aliphatic rings. The van der Waals surface area contributed by atoms with Crippen LogP contribution in [-0.4, -0.2) is 51.3 Å². The van der Waals surface area contributed by atoms with Crippen LogP contribution in [0.25, 0.3) is 28.0 Å². The lowest BCUT2D eigenvalue weighted by Gasteiger charge is -2.34. The molecule has 1 fully saturated rings. The molecule has 0 unspecified atom stereocenters. The normalized spacial score (nSPS) is 14.2. The maximum Gasteiger partial charge on any atom is 0.253 e. The summed E-state index contributed by atoms with van der Waals surface area (Å²) in [5.41, 5.74) is 8.19. The minimum absolute atomic E-state index is 0.102. The zero-order chi connectivity index (χ0) is 26.1. The van der Waals surface area contributed by atoms with Crippen molar-refractivity contribution in [2.75, 3.05) is 26.2 Å². The van der Waals surface area contributed by atoms with Gasteiger partial charge in [-0.1, -0.05) is 66.2 Å². The van der Waals surface area contributed by atoms with Crippen molar-refractivity contribution in [1.82, 2.24) is 19.2 Å². The molecular formula is C32H29ClN4O. The highest BCUT2D eigenvalue weighted by atomic mass is 35.5. The molecule has 3 aromatic carbocycles. The summed E-state index contributed by atoms with van der Waals surface area (Å²) in [4.78, 5) is 22.4. The molecule has 1 aliphatic heterocycles. The Balaban J connectivity index is 1.32. The number of pyridine rings is 1. The molecule has 0 bridgehead atoms. The van der Waals surface area contributed by atoms with Crippen molar-refractivity contribution in [1.29, 1.82) is 0 Å². The Kier molecular flexibility index (Phi) is 6.71. The predicted molar refractivity (Wildman–Crippen MR) is 153 cm³/mol. The van der Waals surface area contributed by atoms with E-state index in [2.05, 4.69) is 64.0 Å². The van der Waals surface area contributed by atoms with Crippen molar-refractivity contribution in [3.63, 3.8) is 0 Å². The number of halogens is 1. The lowest BCUT2D eigenvalue weighted by molar-refractivity contribution is 0.0627. The lowest BCUT2D eigenvalue weighted by Crippen LogP contribution is -2.48. The molecule has 6 heteroatoms. The fraction of sp³-hybridized carbons (Fsp3) is 0.188. The maximum atomic E-state index is 13.0. The number of carbonyl (C=O) groups is 1. The van der Waals surface area contributed by atoms with Crippen LogP contribution in [0.15, 0.2) is 97.2 Å². The van der Waals surface area contributed by atoms with Crippen molar-refractivity contribution >= 4 is 23.2 Å². The van der Waals surface area contributed by atoms with E-state index >= 15 is 0 Å². The van der Waals surface area contributed by atoms with Crippen molar-refractivity contribution in [2.45, 2.75) is 13.5 Å². The molecule has 2 aromatic heterocycles. The van der Waals surface area contributed by atoms with Crippen molar-refractivity contribution < 1.29 is 4.79 Å². The van der Waals surface area contributed by atoms with E-state index in [-0.39, 0.29) is 5.91 Å². The molecule has 5 nitrogen and oxygen atoms in total. The van der Waals surface area contributed by atoms with Gasteiger partial charge < -0.3 is 9.30 Å². The number of imidazole rings is 1. The number of fused-ring (bicyclic) bond motifs is 1. The van der Waals surface area contributed by atoms with Crippen LogP contribution >= 0.6 is 11.6 Å². The highest BCUT2D eigenvalue weighted by Crippen LogP contribution is 2.31. The topological polar surface area (TPSA) is 40.9 Å². The average molecular weight is 521 g/mol. The fourth-order valence-electron chi connectivity index (χ4n) is 5.15. The monoisotopic (exact) mass is 520 g/mol. The largest absolute Gasteiger partial charge is 0.336 e. The van der Waals surface area contributed by atoms with Crippen molar-refractivity contribution in [3.05, 3.63) is 119 Å². The van der Waals surface area contributed by atoms with Gasteiger partial charge in [-0.15, -0.1) is 0 Å². The number of nitrogens with zero attached hydrogens (tertiary/aromatic N) is 4. The van der Waals surface area contributed by atoms with Crippen LogP contribution in [0, 0.1) is 6.92 Å². The lowest BCUT2D eigenvalue weighted by atomic mass is 10.1. The van der Waals surface area contributed by atoms with E-state index in [1.165, 1.54) is 5.56 Å². The second-order valence-electron chi connectivity index (χ2n) is 9.82. The molecule has 38 heavy (non-hydrogen) atoms. The van der Waals surface area contributed by atoms with Gasteiger partial charge in [0.1, 0.15) is 5.65 Å². The maximum absolute atomic E-state index is 13.0. The first-order valence-corrected chi connectivity index (χ1v) is 13.3. The first kappa shape index (κ1) is 24.4. The molecule has 0 saturated carbocycles. The van der Waals surface area contributed by atoms with Gasteiger partial charge in [-0.3, -0.25) is 9.69 Å². The van der Waals surface area contributed by atoms with E-state index in [1.807, 2.05) is 54.3 Å². The number of aromatic nitrogens is 2. The Labute approximate surface area is 227 Å². The third kappa shape index (κ3) is 4.83. The molecule has 1 saturated heterocycles. The van der Waals surface area contributed by atoms with E-state index in [0.29, 0.717) is 13.1 Å². The molecular weight excluding hydrogens is 492 g/mol. The molecule has 190 valence electrons. The predicted octanol–water partition coefficient (Wildman–Crippen LogP) is 6.59. The van der Waals surface area contributed by atoms with E-state index in [0.717, 1.165) is 63.9 Å². The number of amides is 1. The molecule has 0 N–H and O–H groups in total. The van der Waals surface area contributed by atoms with Crippen molar-refractivity contribution in [3.8, 4) is 22.4 Å². The minimum Gasteiger partial charge on any atom is -0.336 e. The number of benzene rings is 3. The van der Waals surface area contributed by atoms with Gasteiger partial charge in [-0.05, 0) is 60.0 Å². The number of aryl methyl sites for hydroxylation is 1. The van der Waals surface area contributed by atoms with Crippen LogP contribution in [0.2, 0.25) is 5.02 Å². The van der Waals surface area contributed by atoms with Crippen LogP contribution in [-0.2, 0) is 6.54 Å². The summed E-state index contributed by atoms with van der Waals surface area (Å²) in [6.45, 7) is 5.79. The molecule has 0 aliphatic carbocycles. The van der Waals surface area contributed by atoms with Gasteiger partial charge >= 0.3 is 0 Å². The van der Waals surface area contributed by atoms with Gasteiger partial charge in [-0.25, -0.2) is 4.98 Å². The molecule has 0 atom stereocenters. The van der Waals surface area contributed by atoms with Crippen LogP contribution in [0.3, 0.4) is 0 Å². The van der Waals surface area contributed by atoms with Gasteiger partial charge in [-0.2, -0.15) is 0 Å². The summed E-state index contributed by atoms with van der Waals surface area (Å²) in [5.74, 6) is 0.102. The average Bonchev–Trinajstić information content (AvgIpc) is 3.33. The molecule has 3 heterocycles. The first-order chi connectivity index (χ1) is 18.6. The third-order valence-corrected chi connectivity index (χ3v) is 7.73. The molecule has 0 spiro atoms. The second kappa shape index (κ2) is 10.4. The summed E-state index contributed by atoms with van der Waals surface area (Å²) < 4.78 is 2.23. The molecule has 0 radical (unpaired) electrons. The minimum atomic E-state index is 0.102. The molecule has 6 rings (SSSR count). The van der Waals surface area contributed by atoms with Crippen LogP contribution < -0.4 is 0 Å². The van der Waals surface area contributed by atoms with Crippen LogP contribution in [0.1, 0.15) is 21.6 Å². The van der Waals surface area contributed by atoms with Crippen LogP contribution in [0.5, 0.6) is 0 Å². The number of hydrogen-bond acceptors (Lipinski definition) is 3. The van der Waals surface area contributed by atoms with E-state index in [9.17, 15) is 4.79 Å². The number of hydrogen-bond donors (Lipinski definition) is 0. The molecule has 1 amide bonds. The smallest absolute Gasteiger partial charge is 0.253 e. The number of rotatable bonds is 5. The Hall–Kier alpha value is -3.93. The van der Waals surface area contributed by atoms with Gasteiger partial charge in [0.05, 0.1) is 11.4 Å². The summed E-state index contributed by atoms with van der Waals surface area (Å²) in [7, 11) is 0. The zero-order valence-corrected chi connectivity index (χ0v) is 22.1. The highest BCUT2D eigenvalue weighted by Gasteiger charge is 2.24.